The van der Waals surface area contributed by atoms with Crippen LogP contribution in [0, 0.1) is 46.3 Å². The molecule has 0 aromatic heterocycles. The van der Waals surface area contributed by atoms with Crippen LogP contribution in [-0.2, 0) is 0 Å². The van der Waals surface area contributed by atoms with Crippen LogP contribution in [0.25, 0.3) is 0 Å². The van der Waals surface area contributed by atoms with Gasteiger partial charge in [0.15, 0.2) is 0 Å². The summed E-state index contributed by atoms with van der Waals surface area (Å²) in [6.45, 7) is 15.6. The van der Waals surface area contributed by atoms with Crippen LogP contribution >= 0.6 is 0 Å². The smallest absolute Gasteiger partial charge is 0.0876 e. The molecule has 0 unspecified atom stereocenters. The molecule has 2 nitrogen and oxygen atoms in total. The molecule has 0 saturated heterocycles. The van der Waals surface area contributed by atoms with Crippen molar-refractivity contribution >= 4 is 0 Å². The number of fused-ring (bicyclic) bond motifs is 5. The topological polar surface area (TPSA) is 40.5 Å². The van der Waals surface area contributed by atoms with Gasteiger partial charge < -0.3 is 10.2 Å². The van der Waals surface area contributed by atoms with Crippen molar-refractivity contribution in [2.45, 2.75) is 97.7 Å². The van der Waals surface area contributed by atoms with Gasteiger partial charge in [-0.1, -0.05) is 52.3 Å². The Morgan fingerprint density at radius 1 is 1.10 bits per heavy atom. The second-order valence-corrected chi connectivity index (χ2v) is 11.9. The quantitative estimate of drug-likeness (QED) is 0.557. The van der Waals surface area contributed by atoms with Crippen LogP contribution < -0.4 is 0 Å². The van der Waals surface area contributed by atoms with E-state index in [-0.39, 0.29) is 17.9 Å². The van der Waals surface area contributed by atoms with Gasteiger partial charge in [0, 0.05) is 0 Å². The number of aliphatic hydroxyl groups is 2. The van der Waals surface area contributed by atoms with Crippen LogP contribution in [0.15, 0.2) is 24.3 Å². The van der Waals surface area contributed by atoms with Crippen LogP contribution in [0.2, 0.25) is 0 Å². The van der Waals surface area contributed by atoms with Crippen LogP contribution in [0.1, 0.15) is 86.0 Å². The minimum atomic E-state index is -0.773. The number of aliphatic hydroxyl groups excluding tert-OH is 1. The molecule has 2 N–H and O–H groups in total. The fourth-order valence-corrected chi connectivity index (χ4v) is 8.77. The number of hydrogen-bond donors (Lipinski definition) is 2. The predicted molar refractivity (Wildman–Crippen MR) is 120 cm³/mol. The summed E-state index contributed by atoms with van der Waals surface area (Å²) in [6.07, 6.45) is 13.7. The molecular formula is C27H44O2. The Morgan fingerprint density at radius 3 is 2.48 bits per heavy atom. The van der Waals surface area contributed by atoms with Crippen molar-refractivity contribution in [1.82, 2.24) is 0 Å². The monoisotopic (exact) mass is 400 g/mol. The van der Waals surface area contributed by atoms with Crippen molar-refractivity contribution in [2.75, 3.05) is 0 Å². The first-order chi connectivity index (χ1) is 13.6. The van der Waals surface area contributed by atoms with Gasteiger partial charge in [0.2, 0.25) is 0 Å². The molecule has 164 valence electrons. The van der Waals surface area contributed by atoms with Gasteiger partial charge in [-0.25, -0.2) is 0 Å². The first kappa shape index (κ1) is 21.6. The lowest BCUT2D eigenvalue weighted by Crippen LogP contribution is -2.53. The van der Waals surface area contributed by atoms with E-state index in [1.54, 1.807) is 5.57 Å². The van der Waals surface area contributed by atoms with Crippen molar-refractivity contribution < 1.29 is 10.2 Å². The molecule has 4 rings (SSSR count). The van der Waals surface area contributed by atoms with Gasteiger partial charge in [0.1, 0.15) is 0 Å². The van der Waals surface area contributed by atoms with Gasteiger partial charge in [-0.15, -0.1) is 6.58 Å². The van der Waals surface area contributed by atoms with Gasteiger partial charge in [0.05, 0.1) is 11.7 Å². The van der Waals surface area contributed by atoms with Crippen molar-refractivity contribution in [3.05, 3.63) is 24.3 Å². The molecule has 0 aromatic carbocycles. The van der Waals surface area contributed by atoms with Gasteiger partial charge >= 0.3 is 0 Å². The van der Waals surface area contributed by atoms with Crippen LogP contribution in [-0.4, -0.2) is 21.9 Å². The van der Waals surface area contributed by atoms with E-state index in [9.17, 15) is 10.2 Å². The fourth-order valence-electron chi connectivity index (χ4n) is 8.77. The maximum Gasteiger partial charge on any atom is 0.0876 e. The zero-order chi connectivity index (χ0) is 21.2. The van der Waals surface area contributed by atoms with E-state index < -0.39 is 5.60 Å². The minimum absolute atomic E-state index is 0.121. The third-order valence-corrected chi connectivity index (χ3v) is 10.7. The normalized spacial score (nSPS) is 47.4. The third-order valence-electron chi connectivity index (χ3n) is 10.7. The average molecular weight is 401 g/mol. The largest absolute Gasteiger partial charge is 0.393 e. The molecule has 3 fully saturated rings. The number of rotatable bonds is 4. The van der Waals surface area contributed by atoms with Crippen LogP contribution in [0.4, 0.5) is 0 Å². The maximum absolute atomic E-state index is 11.4. The summed E-state index contributed by atoms with van der Waals surface area (Å²) in [6, 6.07) is 0. The van der Waals surface area contributed by atoms with E-state index in [1.165, 1.54) is 32.1 Å². The summed E-state index contributed by atoms with van der Waals surface area (Å²) in [4.78, 5) is 0. The molecule has 0 amide bonds. The standard InChI is InChI=1S/C27H44O2/c1-7-27(29,17(2)3)18(4)22-10-11-23-21-9-8-19-16-20(28)12-14-25(19,5)24(21)13-15-26(22,23)6/h7-8,17-18,20-24,28-29H,1,9-16H2,2-6H3/t18-,20-,21-,22+,23-,24-,25-,26+,27-/m0/s1. The lowest BCUT2D eigenvalue weighted by Gasteiger charge is -2.59. The van der Waals surface area contributed by atoms with E-state index in [4.69, 9.17) is 0 Å². The van der Waals surface area contributed by atoms with E-state index >= 15 is 0 Å². The Labute approximate surface area is 178 Å². The second-order valence-electron chi connectivity index (χ2n) is 11.9. The summed E-state index contributed by atoms with van der Waals surface area (Å²) in [5, 5.41) is 21.6. The van der Waals surface area contributed by atoms with Crippen LogP contribution in [0.5, 0.6) is 0 Å². The molecule has 0 bridgehead atoms. The molecule has 0 radical (unpaired) electrons. The molecule has 4 aliphatic carbocycles. The molecule has 0 aromatic rings. The summed E-state index contributed by atoms with van der Waals surface area (Å²) in [7, 11) is 0. The van der Waals surface area contributed by atoms with Crippen LogP contribution in [0.3, 0.4) is 0 Å². The molecule has 9 atom stereocenters. The summed E-state index contributed by atoms with van der Waals surface area (Å²) < 4.78 is 0. The van der Waals surface area contributed by atoms with E-state index in [1.807, 2.05) is 6.08 Å². The summed E-state index contributed by atoms with van der Waals surface area (Å²) >= 11 is 0. The van der Waals surface area contributed by atoms with Crippen molar-refractivity contribution in [1.29, 1.82) is 0 Å². The predicted octanol–water partition coefficient (Wildman–Crippen LogP) is 6.14. The molecular weight excluding hydrogens is 356 g/mol. The lowest BCUT2D eigenvalue weighted by molar-refractivity contribution is -0.0913. The van der Waals surface area contributed by atoms with Crippen molar-refractivity contribution in [3.8, 4) is 0 Å². The Morgan fingerprint density at radius 2 is 1.83 bits per heavy atom. The van der Waals surface area contributed by atoms with Gasteiger partial charge in [-0.3, -0.25) is 0 Å². The molecule has 0 spiro atoms. The highest BCUT2D eigenvalue weighted by atomic mass is 16.3. The Bertz CT molecular complexity index is 680. The van der Waals surface area contributed by atoms with E-state index in [0.29, 0.717) is 16.7 Å². The molecule has 2 heteroatoms. The van der Waals surface area contributed by atoms with E-state index in [0.717, 1.165) is 37.0 Å². The minimum Gasteiger partial charge on any atom is -0.393 e. The highest BCUT2D eigenvalue weighted by Gasteiger charge is 2.60. The molecule has 4 aliphatic rings. The molecule has 29 heavy (non-hydrogen) atoms. The van der Waals surface area contributed by atoms with Gasteiger partial charge in [-0.2, -0.15) is 0 Å². The second kappa shape index (κ2) is 7.23. The molecule has 3 saturated carbocycles. The Balaban J connectivity index is 1.62. The summed E-state index contributed by atoms with van der Waals surface area (Å²) in [5.74, 6) is 3.36. The maximum atomic E-state index is 11.4. The van der Waals surface area contributed by atoms with Gasteiger partial charge in [0.25, 0.3) is 0 Å². The highest BCUT2D eigenvalue weighted by molar-refractivity contribution is 5.25. The molecule has 0 heterocycles. The zero-order valence-electron chi connectivity index (χ0n) is 19.5. The Hall–Kier alpha value is -0.600. The lowest BCUT2D eigenvalue weighted by atomic mass is 9.46. The molecule has 0 aliphatic heterocycles. The average Bonchev–Trinajstić information content (AvgIpc) is 3.04. The van der Waals surface area contributed by atoms with Crippen molar-refractivity contribution in [2.24, 2.45) is 46.3 Å². The highest BCUT2D eigenvalue weighted by Crippen LogP contribution is 2.67. The fraction of sp³-hybridized carbons (Fsp3) is 0.852. The van der Waals surface area contributed by atoms with Crippen molar-refractivity contribution in [3.63, 3.8) is 0 Å². The zero-order valence-corrected chi connectivity index (χ0v) is 19.5. The summed E-state index contributed by atoms with van der Waals surface area (Å²) in [5.41, 5.74) is 1.43. The number of allylic oxidation sites excluding steroid dienone is 1. The Kier molecular flexibility index (Phi) is 5.39. The first-order valence-electron chi connectivity index (χ1n) is 12.3. The van der Waals surface area contributed by atoms with Gasteiger partial charge in [-0.05, 0) is 97.7 Å². The van der Waals surface area contributed by atoms with E-state index in [2.05, 4.69) is 47.3 Å². The SMILES string of the molecule is C=C[C@](O)(C(C)C)[C@@H](C)[C@H]1CC[C@H]2[C@@H]3CC=C4C[C@@H](O)CC[C@]4(C)[C@H]3CC[C@]12C. The first-order valence-corrected chi connectivity index (χ1v) is 12.3. The number of hydrogen-bond acceptors (Lipinski definition) is 2. The third kappa shape index (κ3) is 3.03.